The number of piperidine rings is 1. The second-order valence-electron chi connectivity index (χ2n) is 7.71. The van der Waals surface area contributed by atoms with E-state index in [1.165, 1.54) is 17.4 Å². The number of aromatic nitrogens is 2. The number of nitrogens with one attached hydrogen (secondary N) is 1. The highest BCUT2D eigenvalue weighted by molar-refractivity contribution is 7.90. The first-order valence-electron chi connectivity index (χ1n) is 9.87. The third kappa shape index (κ3) is 4.94. The van der Waals surface area contributed by atoms with E-state index >= 15 is 0 Å². The molecule has 1 aliphatic rings. The molecular formula is C21H26N4O2S2. The topological polar surface area (TPSA) is 75.2 Å². The van der Waals surface area contributed by atoms with Gasteiger partial charge in [-0.1, -0.05) is 30.3 Å². The van der Waals surface area contributed by atoms with Gasteiger partial charge < -0.3 is 10.2 Å². The molecule has 1 aliphatic heterocycles. The van der Waals surface area contributed by atoms with Crippen LogP contribution in [0.3, 0.4) is 0 Å². The fourth-order valence-electron chi connectivity index (χ4n) is 3.77. The quantitative estimate of drug-likeness (QED) is 0.644. The number of fused-ring (bicyclic) bond motifs is 1. The van der Waals surface area contributed by atoms with E-state index in [-0.39, 0.29) is 5.75 Å². The molecule has 29 heavy (non-hydrogen) atoms. The van der Waals surface area contributed by atoms with E-state index in [1.54, 1.807) is 11.3 Å². The number of anilines is 1. The summed E-state index contributed by atoms with van der Waals surface area (Å²) >= 11 is 1.65. The van der Waals surface area contributed by atoms with Crippen LogP contribution in [0.5, 0.6) is 0 Å². The number of nitrogens with zero attached hydrogens (tertiary/aromatic N) is 3. The highest BCUT2D eigenvalue weighted by Gasteiger charge is 2.22. The second-order valence-corrected chi connectivity index (χ2v) is 10.8. The number of benzene rings is 1. The first-order valence-corrected chi connectivity index (χ1v) is 12.8. The summed E-state index contributed by atoms with van der Waals surface area (Å²) in [6, 6.07) is 10.7. The normalized spacial score (nSPS) is 16.3. The minimum atomic E-state index is -2.91. The number of thiophene rings is 1. The van der Waals surface area contributed by atoms with Crippen molar-refractivity contribution in [3.8, 4) is 11.1 Å². The lowest BCUT2D eigenvalue weighted by Gasteiger charge is -2.32. The van der Waals surface area contributed by atoms with Gasteiger partial charge in [0.2, 0.25) is 0 Å². The van der Waals surface area contributed by atoms with Gasteiger partial charge in [-0.15, -0.1) is 11.3 Å². The van der Waals surface area contributed by atoms with Gasteiger partial charge in [-0.2, -0.15) is 0 Å². The fraction of sp³-hybridized carbons (Fsp3) is 0.429. The van der Waals surface area contributed by atoms with Gasteiger partial charge in [0.25, 0.3) is 0 Å². The maximum atomic E-state index is 11.4. The Balaban J connectivity index is 1.52. The lowest BCUT2D eigenvalue weighted by molar-refractivity contribution is 0.230. The van der Waals surface area contributed by atoms with E-state index in [4.69, 9.17) is 4.98 Å². The zero-order chi connectivity index (χ0) is 20.4. The molecular weight excluding hydrogens is 404 g/mol. The molecule has 0 saturated carbocycles. The molecule has 1 N–H and O–H groups in total. The van der Waals surface area contributed by atoms with Crippen molar-refractivity contribution >= 4 is 37.2 Å². The molecule has 0 spiro atoms. The highest BCUT2D eigenvalue weighted by Crippen LogP contribution is 2.37. The first kappa shape index (κ1) is 20.3. The van der Waals surface area contributed by atoms with Crippen molar-refractivity contribution in [3.05, 3.63) is 41.5 Å². The van der Waals surface area contributed by atoms with Crippen molar-refractivity contribution in [3.63, 3.8) is 0 Å². The van der Waals surface area contributed by atoms with Crippen LogP contribution in [0.1, 0.15) is 18.7 Å². The summed E-state index contributed by atoms with van der Waals surface area (Å²) in [4.78, 5) is 12.6. The van der Waals surface area contributed by atoms with Crippen LogP contribution >= 0.6 is 11.3 Å². The van der Waals surface area contributed by atoms with E-state index in [9.17, 15) is 8.42 Å². The van der Waals surface area contributed by atoms with Gasteiger partial charge in [-0.05, 0) is 25.3 Å². The number of hydrogen-bond acceptors (Lipinski definition) is 7. The molecule has 4 rings (SSSR count). The Kier molecular flexibility index (Phi) is 5.85. The number of rotatable bonds is 6. The Morgan fingerprint density at radius 3 is 2.59 bits per heavy atom. The van der Waals surface area contributed by atoms with Crippen LogP contribution in [0.2, 0.25) is 0 Å². The van der Waals surface area contributed by atoms with Crippen molar-refractivity contribution in [2.45, 2.75) is 25.8 Å². The standard InChI is InChI=1S/C21H26N4O2S2/c1-15-22-20(24-17-8-10-25(11-9-17)12-13-29(2,26)27)19-18(14-28-21(19)23-15)16-6-4-3-5-7-16/h3-7,14,17H,8-13H2,1-2H3,(H,22,23,24). The average molecular weight is 431 g/mol. The van der Waals surface area contributed by atoms with E-state index in [0.29, 0.717) is 12.6 Å². The molecule has 3 aromatic rings. The SMILES string of the molecule is Cc1nc(NC2CCN(CCS(C)(=O)=O)CC2)c2c(-c3ccccc3)csc2n1. The summed E-state index contributed by atoms with van der Waals surface area (Å²) in [5.41, 5.74) is 2.34. The Hall–Kier alpha value is -2.03. The van der Waals surface area contributed by atoms with Gasteiger partial charge in [-0.3, -0.25) is 0 Å². The number of likely N-dealkylation sites (tertiary alicyclic amines) is 1. The van der Waals surface area contributed by atoms with Crippen LogP contribution in [0.4, 0.5) is 5.82 Å². The van der Waals surface area contributed by atoms with Crippen molar-refractivity contribution in [1.29, 1.82) is 0 Å². The van der Waals surface area contributed by atoms with Crippen molar-refractivity contribution < 1.29 is 8.42 Å². The van der Waals surface area contributed by atoms with E-state index < -0.39 is 9.84 Å². The minimum absolute atomic E-state index is 0.228. The Morgan fingerprint density at radius 2 is 1.90 bits per heavy atom. The van der Waals surface area contributed by atoms with Crippen molar-refractivity contribution in [2.24, 2.45) is 0 Å². The molecule has 1 fully saturated rings. The van der Waals surface area contributed by atoms with Gasteiger partial charge in [0.15, 0.2) is 0 Å². The summed E-state index contributed by atoms with van der Waals surface area (Å²) in [6.07, 6.45) is 3.24. The molecule has 3 heterocycles. The van der Waals surface area contributed by atoms with E-state index in [2.05, 4.69) is 32.7 Å². The average Bonchev–Trinajstić information content (AvgIpc) is 3.11. The molecule has 2 aromatic heterocycles. The highest BCUT2D eigenvalue weighted by atomic mass is 32.2. The molecule has 0 aliphatic carbocycles. The Labute approximate surface area is 175 Å². The maximum Gasteiger partial charge on any atom is 0.148 e. The number of hydrogen-bond donors (Lipinski definition) is 1. The van der Waals surface area contributed by atoms with Gasteiger partial charge in [0, 0.05) is 42.9 Å². The molecule has 0 unspecified atom stereocenters. The monoisotopic (exact) mass is 430 g/mol. The van der Waals surface area contributed by atoms with E-state index in [0.717, 1.165) is 47.8 Å². The van der Waals surface area contributed by atoms with Gasteiger partial charge in [0.05, 0.1) is 11.1 Å². The first-order chi connectivity index (χ1) is 13.9. The minimum Gasteiger partial charge on any atom is -0.367 e. The van der Waals surface area contributed by atoms with Gasteiger partial charge in [0.1, 0.15) is 26.3 Å². The predicted octanol–water partition coefficient (Wildman–Crippen LogP) is 3.59. The molecule has 1 saturated heterocycles. The predicted molar refractivity (Wildman–Crippen MR) is 120 cm³/mol. The lowest BCUT2D eigenvalue weighted by atomic mass is 10.0. The molecule has 0 amide bonds. The van der Waals surface area contributed by atoms with Crippen LogP contribution in [0.25, 0.3) is 21.3 Å². The number of sulfone groups is 1. The summed E-state index contributed by atoms with van der Waals surface area (Å²) in [5, 5.41) is 6.91. The number of aryl methyl sites for hydroxylation is 1. The molecule has 0 bridgehead atoms. The van der Waals surface area contributed by atoms with Crippen LogP contribution in [-0.2, 0) is 9.84 Å². The second kappa shape index (κ2) is 8.38. The zero-order valence-electron chi connectivity index (χ0n) is 16.8. The lowest BCUT2D eigenvalue weighted by Crippen LogP contribution is -2.41. The van der Waals surface area contributed by atoms with Gasteiger partial charge in [-0.25, -0.2) is 18.4 Å². The van der Waals surface area contributed by atoms with Crippen LogP contribution in [-0.4, -0.2) is 61.0 Å². The third-order valence-corrected chi connectivity index (χ3v) is 7.13. The van der Waals surface area contributed by atoms with Crippen LogP contribution < -0.4 is 5.32 Å². The maximum absolute atomic E-state index is 11.4. The summed E-state index contributed by atoms with van der Waals surface area (Å²) in [7, 11) is -2.91. The smallest absolute Gasteiger partial charge is 0.148 e. The molecule has 6 nitrogen and oxygen atoms in total. The van der Waals surface area contributed by atoms with Crippen LogP contribution in [0, 0.1) is 6.92 Å². The van der Waals surface area contributed by atoms with Crippen molar-refractivity contribution in [2.75, 3.05) is 37.0 Å². The van der Waals surface area contributed by atoms with Gasteiger partial charge >= 0.3 is 0 Å². The van der Waals surface area contributed by atoms with Crippen LogP contribution in [0.15, 0.2) is 35.7 Å². The Bertz CT molecular complexity index is 1090. The van der Waals surface area contributed by atoms with Crippen molar-refractivity contribution in [1.82, 2.24) is 14.9 Å². The molecule has 8 heteroatoms. The largest absolute Gasteiger partial charge is 0.367 e. The summed E-state index contributed by atoms with van der Waals surface area (Å²) in [5.74, 6) is 1.90. The Morgan fingerprint density at radius 1 is 1.17 bits per heavy atom. The summed E-state index contributed by atoms with van der Waals surface area (Å²) in [6.45, 7) is 4.34. The molecule has 0 atom stereocenters. The summed E-state index contributed by atoms with van der Waals surface area (Å²) < 4.78 is 22.8. The molecule has 0 radical (unpaired) electrons. The van der Waals surface area contributed by atoms with E-state index in [1.807, 2.05) is 25.1 Å². The third-order valence-electron chi connectivity index (χ3n) is 5.34. The molecule has 154 valence electrons. The fourth-order valence-corrected chi connectivity index (χ4v) is 5.35. The zero-order valence-corrected chi connectivity index (χ0v) is 18.4. The molecule has 1 aromatic carbocycles.